The van der Waals surface area contributed by atoms with E-state index >= 15 is 0 Å². The minimum atomic E-state index is -3.65. The Morgan fingerprint density at radius 2 is 1.95 bits per heavy atom. The first-order valence-electron chi connectivity index (χ1n) is 6.51. The Kier molecular flexibility index (Phi) is 5.98. The number of rotatable bonds is 8. The van der Waals surface area contributed by atoms with Crippen LogP contribution in [0.5, 0.6) is 5.75 Å². The zero-order chi connectivity index (χ0) is 16.1. The number of nitrogens with zero attached hydrogens (tertiary/aromatic N) is 1. The van der Waals surface area contributed by atoms with Crippen molar-refractivity contribution in [1.82, 2.24) is 0 Å². The highest BCUT2D eigenvalue weighted by Gasteiger charge is 2.32. The van der Waals surface area contributed by atoms with Crippen molar-refractivity contribution >= 4 is 25.4 Å². The molecule has 0 aromatic heterocycles. The summed E-state index contributed by atoms with van der Waals surface area (Å²) < 4.78 is 28.2. The second-order valence-electron chi connectivity index (χ2n) is 4.93. The van der Waals surface area contributed by atoms with Gasteiger partial charge in [0, 0.05) is 22.2 Å². The van der Waals surface area contributed by atoms with Crippen LogP contribution in [-0.2, 0) is 9.05 Å². The van der Waals surface area contributed by atoms with E-state index in [9.17, 15) is 18.5 Å². The third-order valence-corrected chi connectivity index (χ3v) is 4.84. The maximum absolute atomic E-state index is 11.3. The lowest BCUT2D eigenvalue weighted by Crippen LogP contribution is -2.33. The Labute approximate surface area is 128 Å². The van der Waals surface area contributed by atoms with E-state index in [0.29, 0.717) is 18.6 Å². The highest BCUT2D eigenvalue weighted by Crippen LogP contribution is 2.31. The van der Waals surface area contributed by atoms with Crippen LogP contribution >= 0.6 is 10.7 Å². The molecule has 0 heterocycles. The minimum Gasteiger partial charge on any atom is -0.493 e. The fourth-order valence-electron chi connectivity index (χ4n) is 1.99. The molecule has 0 aliphatic heterocycles. The summed E-state index contributed by atoms with van der Waals surface area (Å²) in [6.07, 6.45) is 1.15. The molecule has 0 unspecified atom stereocenters. The van der Waals surface area contributed by atoms with Gasteiger partial charge >= 0.3 is 0 Å². The zero-order valence-electron chi connectivity index (χ0n) is 11.9. The summed E-state index contributed by atoms with van der Waals surface area (Å²) in [5.41, 5.74) is -0.679. The molecule has 1 rings (SSSR count). The summed E-state index contributed by atoms with van der Waals surface area (Å²) in [7, 11) is 1.70. The Morgan fingerprint density at radius 3 is 2.43 bits per heavy atom. The Morgan fingerprint density at radius 1 is 1.33 bits per heavy atom. The molecule has 6 nitrogen and oxygen atoms in total. The first kappa shape index (κ1) is 17.7. The molecule has 118 valence electrons. The van der Waals surface area contributed by atoms with Crippen LogP contribution in [0.25, 0.3) is 0 Å². The van der Waals surface area contributed by atoms with Crippen molar-refractivity contribution in [2.24, 2.45) is 5.41 Å². The van der Waals surface area contributed by atoms with Crippen molar-refractivity contribution in [1.29, 1.82) is 0 Å². The predicted octanol–water partition coefficient (Wildman–Crippen LogP) is 3.35. The SMILES string of the molecule is CCC(CC)(COc1cccc([N+](=O)[O-])c1)CS(=O)(=O)Cl. The van der Waals surface area contributed by atoms with E-state index in [4.69, 9.17) is 15.4 Å². The number of halogens is 1. The van der Waals surface area contributed by atoms with E-state index in [2.05, 4.69) is 0 Å². The number of hydrogen-bond donors (Lipinski definition) is 0. The number of ether oxygens (including phenoxy) is 1. The molecule has 0 spiro atoms. The lowest BCUT2D eigenvalue weighted by atomic mass is 9.85. The number of nitro groups is 1. The molecule has 1 aromatic carbocycles. The largest absolute Gasteiger partial charge is 0.493 e. The van der Waals surface area contributed by atoms with E-state index in [1.54, 1.807) is 6.07 Å². The predicted molar refractivity (Wildman–Crippen MR) is 81.2 cm³/mol. The standard InChI is InChI=1S/C13H18ClNO5S/c1-3-13(4-2,10-21(14,18)19)9-20-12-7-5-6-11(8-12)15(16)17/h5-8H,3-4,9-10H2,1-2H3. The summed E-state index contributed by atoms with van der Waals surface area (Å²) in [5.74, 6) is 0.145. The van der Waals surface area contributed by atoms with Gasteiger partial charge in [-0.25, -0.2) is 8.42 Å². The normalized spacial score (nSPS) is 12.1. The molecule has 21 heavy (non-hydrogen) atoms. The fraction of sp³-hybridized carbons (Fsp3) is 0.538. The van der Waals surface area contributed by atoms with Crippen LogP contribution in [0.2, 0.25) is 0 Å². The third-order valence-electron chi connectivity index (χ3n) is 3.55. The molecule has 0 radical (unpaired) electrons. The van der Waals surface area contributed by atoms with Gasteiger partial charge in [0.2, 0.25) is 9.05 Å². The van der Waals surface area contributed by atoms with Crippen LogP contribution in [0, 0.1) is 15.5 Å². The summed E-state index contributed by atoms with van der Waals surface area (Å²) in [5, 5.41) is 10.7. The van der Waals surface area contributed by atoms with Crippen LogP contribution in [-0.4, -0.2) is 25.7 Å². The molecule has 0 fully saturated rings. The molecular formula is C13H18ClNO5S. The average Bonchev–Trinajstić information content (AvgIpc) is 2.42. The zero-order valence-corrected chi connectivity index (χ0v) is 13.5. The fourth-order valence-corrected chi connectivity index (χ4v) is 3.91. The molecule has 0 aliphatic carbocycles. The van der Waals surface area contributed by atoms with Crippen LogP contribution < -0.4 is 4.74 Å². The molecule has 0 saturated heterocycles. The van der Waals surface area contributed by atoms with Crippen LogP contribution in [0.15, 0.2) is 24.3 Å². The van der Waals surface area contributed by atoms with Gasteiger partial charge in [-0.3, -0.25) is 10.1 Å². The lowest BCUT2D eigenvalue weighted by molar-refractivity contribution is -0.384. The van der Waals surface area contributed by atoms with E-state index in [0.717, 1.165) is 0 Å². The molecule has 1 aromatic rings. The average molecular weight is 336 g/mol. The van der Waals surface area contributed by atoms with Crippen molar-refractivity contribution in [3.05, 3.63) is 34.4 Å². The van der Waals surface area contributed by atoms with E-state index in [1.807, 2.05) is 13.8 Å². The van der Waals surface area contributed by atoms with Gasteiger partial charge in [0.05, 0.1) is 23.3 Å². The molecular weight excluding hydrogens is 318 g/mol. The highest BCUT2D eigenvalue weighted by molar-refractivity contribution is 8.13. The van der Waals surface area contributed by atoms with Gasteiger partial charge in [-0.2, -0.15) is 0 Å². The van der Waals surface area contributed by atoms with Crippen molar-refractivity contribution < 1.29 is 18.1 Å². The molecule has 0 saturated carbocycles. The minimum absolute atomic E-state index is 0.0731. The first-order chi connectivity index (χ1) is 9.71. The second kappa shape index (κ2) is 7.09. The third kappa shape index (κ3) is 5.51. The van der Waals surface area contributed by atoms with E-state index in [-0.39, 0.29) is 18.0 Å². The van der Waals surface area contributed by atoms with Gasteiger partial charge < -0.3 is 4.74 Å². The number of hydrogen-bond acceptors (Lipinski definition) is 5. The summed E-state index contributed by atoms with van der Waals surface area (Å²) in [6.45, 7) is 3.86. The number of nitro benzene ring substituents is 1. The monoisotopic (exact) mass is 335 g/mol. The maximum atomic E-state index is 11.3. The van der Waals surface area contributed by atoms with Gasteiger partial charge in [0.1, 0.15) is 5.75 Å². The number of benzene rings is 1. The highest BCUT2D eigenvalue weighted by atomic mass is 35.7. The molecule has 0 atom stereocenters. The molecule has 0 bridgehead atoms. The Balaban J connectivity index is 2.87. The van der Waals surface area contributed by atoms with Crippen molar-refractivity contribution in [3.63, 3.8) is 0 Å². The molecule has 0 aliphatic rings. The van der Waals surface area contributed by atoms with E-state index in [1.165, 1.54) is 18.2 Å². The van der Waals surface area contributed by atoms with Crippen LogP contribution in [0.4, 0.5) is 5.69 Å². The lowest BCUT2D eigenvalue weighted by Gasteiger charge is -2.30. The summed E-state index contributed by atoms with van der Waals surface area (Å²) in [4.78, 5) is 10.2. The topological polar surface area (TPSA) is 86.5 Å². The summed E-state index contributed by atoms with van der Waals surface area (Å²) in [6, 6.07) is 5.79. The van der Waals surface area contributed by atoms with Crippen LogP contribution in [0.1, 0.15) is 26.7 Å². The van der Waals surface area contributed by atoms with Crippen molar-refractivity contribution in [2.45, 2.75) is 26.7 Å². The Hall–Kier alpha value is -1.34. The van der Waals surface area contributed by atoms with Crippen molar-refractivity contribution in [2.75, 3.05) is 12.4 Å². The first-order valence-corrected chi connectivity index (χ1v) is 8.99. The van der Waals surface area contributed by atoms with Gasteiger partial charge in [0.25, 0.3) is 5.69 Å². The Bertz CT molecular complexity index is 598. The van der Waals surface area contributed by atoms with Crippen LogP contribution in [0.3, 0.4) is 0 Å². The smallest absolute Gasteiger partial charge is 0.273 e. The number of non-ortho nitro benzene ring substituents is 1. The van der Waals surface area contributed by atoms with Gasteiger partial charge in [-0.15, -0.1) is 0 Å². The van der Waals surface area contributed by atoms with Gasteiger partial charge in [0.15, 0.2) is 0 Å². The van der Waals surface area contributed by atoms with Gasteiger partial charge in [-0.05, 0) is 18.9 Å². The molecule has 8 heteroatoms. The quantitative estimate of drug-likeness (QED) is 0.413. The summed E-state index contributed by atoms with van der Waals surface area (Å²) >= 11 is 0. The van der Waals surface area contributed by atoms with Crippen molar-refractivity contribution in [3.8, 4) is 5.75 Å². The van der Waals surface area contributed by atoms with Gasteiger partial charge in [-0.1, -0.05) is 19.9 Å². The molecule has 0 N–H and O–H groups in total. The maximum Gasteiger partial charge on any atom is 0.273 e. The molecule has 0 amide bonds. The second-order valence-corrected chi connectivity index (χ2v) is 7.71. The van der Waals surface area contributed by atoms with E-state index < -0.39 is 19.4 Å².